The van der Waals surface area contributed by atoms with E-state index in [2.05, 4.69) is 4.98 Å². The van der Waals surface area contributed by atoms with Crippen molar-refractivity contribution < 1.29 is 19.1 Å². The number of rotatable bonds is 5. The van der Waals surface area contributed by atoms with E-state index in [-0.39, 0.29) is 24.1 Å². The van der Waals surface area contributed by atoms with Crippen LogP contribution in [0.25, 0.3) is 0 Å². The van der Waals surface area contributed by atoms with Gasteiger partial charge in [-0.1, -0.05) is 0 Å². The van der Waals surface area contributed by atoms with Gasteiger partial charge >= 0.3 is 5.97 Å². The van der Waals surface area contributed by atoms with Gasteiger partial charge in [0.05, 0.1) is 18.2 Å². The first kappa shape index (κ1) is 16.3. The van der Waals surface area contributed by atoms with Crippen molar-refractivity contribution in [2.45, 2.75) is 69.7 Å². The van der Waals surface area contributed by atoms with Crippen molar-refractivity contribution in [2.24, 2.45) is 5.92 Å². The Morgan fingerprint density at radius 3 is 2.26 bits per heavy atom. The molecule has 0 aliphatic heterocycles. The number of aromatic nitrogens is 2. The Balaban J connectivity index is 1.38. The highest BCUT2D eigenvalue weighted by molar-refractivity contribution is 5.72. The molecule has 0 aromatic carbocycles. The van der Waals surface area contributed by atoms with Crippen LogP contribution in [0.3, 0.4) is 0 Å². The van der Waals surface area contributed by atoms with E-state index >= 15 is 0 Å². The van der Waals surface area contributed by atoms with Crippen molar-refractivity contribution in [3.05, 3.63) is 18.7 Å². The summed E-state index contributed by atoms with van der Waals surface area (Å²) in [6.45, 7) is 0. The van der Waals surface area contributed by atoms with Gasteiger partial charge in [0.1, 0.15) is 18.5 Å². The Labute approximate surface area is 137 Å². The van der Waals surface area contributed by atoms with Crippen LogP contribution in [-0.2, 0) is 14.3 Å². The minimum absolute atomic E-state index is 0.0213. The summed E-state index contributed by atoms with van der Waals surface area (Å²) in [5.74, 6) is 0.00438. The van der Waals surface area contributed by atoms with E-state index in [1.165, 1.54) is 0 Å². The van der Waals surface area contributed by atoms with Crippen LogP contribution in [0.5, 0.6) is 0 Å². The largest absolute Gasteiger partial charge is 0.462 e. The zero-order chi connectivity index (χ0) is 16.1. The lowest BCUT2D eigenvalue weighted by Gasteiger charge is -2.31. The van der Waals surface area contributed by atoms with Crippen LogP contribution >= 0.6 is 0 Å². The number of carbonyl (C=O) groups excluding carboxylic acids is 1. The molecule has 0 bridgehead atoms. The lowest BCUT2D eigenvalue weighted by atomic mass is 9.87. The Bertz CT molecular complexity index is 475. The summed E-state index contributed by atoms with van der Waals surface area (Å²) in [5.41, 5.74) is 0. The van der Waals surface area contributed by atoms with Crippen molar-refractivity contribution >= 4 is 5.97 Å². The van der Waals surface area contributed by atoms with Crippen LogP contribution in [0.15, 0.2) is 18.7 Å². The van der Waals surface area contributed by atoms with Gasteiger partial charge in [-0.15, -0.1) is 0 Å². The monoisotopic (exact) mass is 322 g/mol. The molecule has 2 aliphatic carbocycles. The van der Waals surface area contributed by atoms with Crippen LogP contribution < -0.4 is 4.84 Å². The number of imidazole rings is 1. The molecule has 0 N–H and O–H groups in total. The van der Waals surface area contributed by atoms with Crippen molar-refractivity contribution in [1.82, 2.24) is 9.71 Å². The minimum Gasteiger partial charge on any atom is -0.462 e. The molecule has 0 saturated heterocycles. The van der Waals surface area contributed by atoms with Crippen LogP contribution in [0.4, 0.5) is 0 Å². The molecule has 1 aromatic rings. The van der Waals surface area contributed by atoms with Gasteiger partial charge in [-0.2, -0.15) is 4.73 Å². The average molecular weight is 322 g/mol. The first-order valence-corrected chi connectivity index (χ1v) is 8.63. The molecular formula is C17H26N2O4. The van der Waals surface area contributed by atoms with Gasteiger partial charge in [-0.05, 0) is 51.4 Å². The topological polar surface area (TPSA) is 62.6 Å². The number of hydrogen-bond acceptors (Lipinski definition) is 5. The summed E-state index contributed by atoms with van der Waals surface area (Å²) in [4.78, 5) is 22.1. The van der Waals surface area contributed by atoms with E-state index in [1.54, 1.807) is 30.6 Å². The molecule has 23 heavy (non-hydrogen) atoms. The highest BCUT2D eigenvalue weighted by Gasteiger charge is 2.31. The molecule has 0 unspecified atom stereocenters. The summed E-state index contributed by atoms with van der Waals surface area (Å²) >= 11 is 0. The van der Waals surface area contributed by atoms with Crippen molar-refractivity contribution in [3.63, 3.8) is 0 Å². The third-order valence-electron chi connectivity index (χ3n) is 5.00. The molecule has 0 amide bonds. The normalized spacial score (nSPS) is 31.5. The van der Waals surface area contributed by atoms with Crippen molar-refractivity contribution in [1.29, 1.82) is 0 Å². The molecule has 0 spiro atoms. The molecule has 1 aromatic heterocycles. The van der Waals surface area contributed by atoms with Gasteiger partial charge in [0.2, 0.25) is 0 Å². The summed E-state index contributed by atoms with van der Waals surface area (Å²) < 4.78 is 12.7. The summed E-state index contributed by atoms with van der Waals surface area (Å²) in [6, 6.07) is 0. The Morgan fingerprint density at radius 1 is 1.00 bits per heavy atom. The molecule has 1 heterocycles. The highest BCUT2D eigenvalue weighted by Crippen LogP contribution is 2.29. The second-order valence-corrected chi connectivity index (χ2v) is 6.57. The molecule has 2 fully saturated rings. The molecule has 2 aliphatic rings. The quantitative estimate of drug-likeness (QED) is 0.779. The number of hydrogen-bond donors (Lipinski definition) is 0. The van der Waals surface area contributed by atoms with Crippen LogP contribution in [0, 0.1) is 5.92 Å². The van der Waals surface area contributed by atoms with Crippen LogP contribution in [-0.4, -0.2) is 41.1 Å². The number of methoxy groups -OCH3 is 1. The molecule has 3 rings (SSSR count). The lowest BCUT2D eigenvalue weighted by Crippen LogP contribution is -2.34. The third kappa shape index (κ3) is 4.47. The highest BCUT2D eigenvalue weighted by atomic mass is 16.7. The van der Waals surface area contributed by atoms with E-state index in [4.69, 9.17) is 14.3 Å². The fourth-order valence-corrected chi connectivity index (χ4v) is 3.53. The minimum atomic E-state index is -0.0213. The van der Waals surface area contributed by atoms with Gasteiger partial charge in [0, 0.05) is 13.3 Å². The first-order chi connectivity index (χ1) is 11.2. The van der Waals surface area contributed by atoms with E-state index in [0.29, 0.717) is 6.10 Å². The molecule has 6 heteroatoms. The number of esters is 1. The SMILES string of the molecule is COC1CCC(OC(=O)C2CCC(On3ccnc3)CC2)CC1. The standard InChI is InChI=1S/C17H26N2O4/c1-21-14-6-8-15(9-7-14)22-17(20)13-2-4-16(5-3-13)23-19-11-10-18-12-19/h10-16H,2-9H2,1H3. The second-order valence-electron chi connectivity index (χ2n) is 6.57. The average Bonchev–Trinajstić information content (AvgIpc) is 3.09. The fraction of sp³-hybridized carbons (Fsp3) is 0.765. The van der Waals surface area contributed by atoms with E-state index in [1.807, 2.05) is 0 Å². The molecule has 128 valence electrons. The van der Waals surface area contributed by atoms with Gasteiger partial charge in [-0.25, -0.2) is 4.98 Å². The predicted molar refractivity (Wildman–Crippen MR) is 83.7 cm³/mol. The Morgan fingerprint density at radius 2 is 1.65 bits per heavy atom. The third-order valence-corrected chi connectivity index (χ3v) is 5.00. The van der Waals surface area contributed by atoms with Crippen LogP contribution in [0.2, 0.25) is 0 Å². The van der Waals surface area contributed by atoms with Gasteiger partial charge in [0.25, 0.3) is 0 Å². The van der Waals surface area contributed by atoms with E-state index in [0.717, 1.165) is 51.4 Å². The van der Waals surface area contributed by atoms with E-state index < -0.39 is 0 Å². The number of carbonyl (C=O) groups is 1. The molecular weight excluding hydrogens is 296 g/mol. The molecule has 6 nitrogen and oxygen atoms in total. The van der Waals surface area contributed by atoms with Crippen molar-refractivity contribution in [2.75, 3.05) is 7.11 Å². The summed E-state index contributed by atoms with van der Waals surface area (Å²) in [5, 5.41) is 0. The predicted octanol–water partition coefficient (Wildman–Crippen LogP) is 2.37. The first-order valence-electron chi connectivity index (χ1n) is 8.63. The Hall–Kier alpha value is -1.56. The number of ether oxygens (including phenoxy) is 2. The van der Waals surface area contributed by atoms with Gasteiger partial charge < -0.3 is 14.3 Å². The molecule has 2 saturated carbocycles. The maximum atomic E-state index is 12.3. The molecule has 0 atom stereocenters. The smallest absolute Gasteiger partial charge is 0.309 e. The van der Waals surface area contributed by atoms with Gasteiger partial charge in [-0.3, -0.25) is 4.79 Å². The fourth-order valence-electron chi connectivity index (χ4n) is 3.53. The molecule has 0 radical (unpaired) electrons. The van der Waals surface area contributed by atoms with Crippen LogP contribution in [0.1, 0.15) is 51.4 Å². The lowest BCUT2D eigenvalue weighted by molar-refractivity contribution is -0.159. The maximum absolute atomic E-state index is 12.3. The van der Waals surface area contributed by atoms with E-state index in [9.17, 15) is 4.79 Å². The maximum Gasteiger partial charge on any atom is 0.309 e. The zero-order valence-electron chi connectivity index (χ0n) is 13.7. The second kappa shape index (κ2) is 7.81. The van der Waals surface area contributed by atoms with Crippen molar-refractivity contribution in [3.8, 4) is 0 Å². The number of nitrogens with zero attached hydrogens (tertiary/aromatic N) is 2. The Kier molecular flexibility index (Phi) is 5.54. The summed E-state index contributed by atoms with van der Waals surface area (Å²) in [7, 11) is 1.75. The summed E-state index contributed by atoms with van der Waals surface area (Å²) in [6.07, 6.45) is 13.0. The zero-order valence-corrected chi connectivity index (χ0v) is 13.7. The van der Waals surface area contributed by atoms with Gasteiger partial charge in [0.15, 0.2) is 0 Å².